The second-order valence-corrected chi connectivity index (χ2v) is 5.73. The zero-order valence-electron chi connectivity index (χ0n) is 10.1. The Labute approximate surface area is 111 Å². The average molecular weight is 284 g/mol. The summed E-state index contributed by atoms with van der Waals surface area (Å²) in [6.07, 6.45) is 0. The number of hydrogen-bond acceptors (Lipinski definition) is 4. The second-order valence-electron chi connectivity index (χ2n) is 4.06. The molecule has 19 heavy (non-hydrogen) atoms. The van der Waals surface area contributed by atoms with Crippen LogP contribution in [-0.4, -0.2) is 38.9 Å². The minimum Gasteiger partial charge on any atom is -0.314 e. The first-order valence-electron chi connectivity index (χ1n) is 5.71. The van der Waals surface area contributed by atoms with Crippen molar-refractivity contribution in [3.05, 3.63) is 29.6 Å². The van der Waals surface area contributed by atoms with Gasteiger partial charge in [0.05, 0.1) is 11.3 Å². The van der Waals surface area contributed by atoms with Gasteiger partial charge in [0.15, 0.2) is 0 Å². The summed E-state index contributed by atoms with van der Waals surface area (Å²) in [5, 5.41) is 11.8. The Kier molecular flexibility index (Phi) is 3.99. The zero-order chi connectivity index (χ0) is 13.9. The van der Waals surface area contributed by atoms with Gasteiger partial charge in [0, 0.05) is 26.2 Å². The minimum absolute atomic E-state index is 0.177. The van der Waals surface area contributed by atoms with Gasteiger partial charge in [0.1, 0.15) is 11.9 Å². The summed E-state index contributed by atoms with van der Waals surface area (Å²) in [4.78, 5) is 0. The predicted molar refractivity (Wildman–Crippen MR) is 68.1 cm³/mol. The third kappa shape index (κ3) is 3.20. The molecule has 0 unspecified atom stereocenters. The highest BCUT2D eigenvalue weighted by Crippen LogP contribution is 2.16. The van der Waals surface area contributed by atoms with E-state index in [1.54, 1.807) is 6.07 Å². The highest BCUT2D eigenvalue weighted by molar-refractivity contribution is 7.90. The van der Waals surface area contributed by atoms with Gasteiger partial charge >= 0.3 is 10.2 Å². The van der Waals surface area contributed by atoms with Gasteiger partial charge in [0.25, 0.3) is 0 Å². The van der Waals surface area contributed by atoms with E-state index in [1.807, 2.05) is 0 Å². The van der Waals surface area contributed by atoms with Crippen molar-refractivity contribution in [2.75, 3.05) is 30.9 Å². The first-order valence-corrected chi connectivity index (χ1v) is 7.15. The molecular weight excluding hydrogens is 271 g/mol. The molecule has 1 aliphatic heterocycles. The van der Waals surface area contributed by atoms with Crippen LogP contribution in [0.5, 0.6) is 0 Å². The Hall–Kier alpha value is -1.69. The molecule has 1 aromatic carbocycles. The summed E-state index contributed by atoms with van der Waals surface area (Å²) in [6, 6.07) is 5.19. The summed E-state index contributed by atoms with van der Waals surface area (Å²) in [6.45, 7) is 1.94. The molecule has 0 aromatic heterocycles. The van der Waals surface area contributed by atoms with Gasteiger partial charge in [-0.3, -0.25) is 4.72 Å². The van der Waals surface area contributed by atoms with E-state index in [1.165, 1.54) is 16.4 Å². The van der Waals surface area contributed by atoms with Crippen LogP contribution in [0.15, 0.2) is 18.2 Å². The number of nitrogens with zero attached hydrogens (tertiary/aromatic N) is 2. The molecule has 0 saturated carbocycles. The highest BCUT2D eigenvalue weighted by atomic mass is 32.2. The Morgan fingerprint density at radius 1 is 1.37 bits per heavy atom. The van der Waals surface area contributed by atoms with Crippen molar-refractivity contribution >= 4 is 15.9 Å². The summed E-state index contributed by atoms with van der Waals surface area (Å²) in [5.41, 5.74) is -0.0167. The van der Waals surface area contributed by atoms with Gasteiger partial charge in [-0.15, -0.1) is 0 Å². The standard InChI is InChI=1S/C11H13FN4O2S/c12-11-2-1-10(7-9(11)8-13)15-19(17,18)16-5-3-14-4-6-16/h1-2,7,14-15H,3-6H2. The molecule has 0 aliphatic carbocycles. The lowest BCUT2D eigenvalue weighted by Gasteiger charge is -2.26. The van der Waals surface area contributed by atoms with Crippen LogP contribution in [-0.2, 0) is 10.2 Å². The largest absolute Gasteiger partial charge is 0.314 e. The van der Waals surface area contributed by atoms with Gasteiger partial charge in [0.2, 0.25) is 0 Å². The third-order valence-corrected chi connectivity index (χ3v) is 4.29. The van der Waals surface area contributed by atoms with Crippen molar-refractivity contribution in [2.45, 2.75) is 0 Å². The topological polar surface area (TPSA) is 85.2 Å². The highest BCUT2D eigenvalue weighted by Gasteiger charge is 2.23. The minimum atomic E-state index is -3.66. The SMILES string of the molecule is N#Cc1cc(NS(=O)(=O)N2CCNCC2)ccc1F. The van der Waals surface area contributed by atoms with E-state index in [4.69, 9.17) is 5.26 Å². The molecule has 2 rings (SSSR count). The maximum atomic E-state index is 13.1. The van der Waals surface area contributed by atoms with Crippen LogP contribution in [0.1, 0.15) is 5.56 Å². The number of nitrogens with one attached hydrogen (secondary N) is 2. The Bertz CT molecular complexity index is 606. The molecule has 1 heterocycles. The van der Waals surface area contributed by atoms with Gasteiger partial charge < -0.3 is 5.32 Å². The molecule has 1 saturated heterocycles. The molecule has 0 bridgehead atoms. The molecule has 0 radical (unpaired) electrons. The van der Waals surface area contributed by atoms with E-state index < -0.39 is 16.0 Å². The number of anilines is 1. The summed E-state index contributed by atoms with van der Waals surface area (Å²) < 4.78 is 40.9. The number of benzene rings is 1. The Morgan fingerprint density at radius 3 is 2.68 bits per heavy atom. The molecule has 6 nitrogen and oxygen atoms in total. The molecule has 0 spiro atoms. The second kappa shape index (κ2) is 5.52. The summed E-state index contributed by atoms with van der Waals surface area (Å²) in [7, 11) is -3.66. The van der Waals surface area contributed by atoms with E-state index in [0.717, 1.165) is 6.07 Å². The number of piperazine rings is 1. The molecule has 1 fully saturated rings. The van der Waals surface area contributed by atoms with E-state index in [-0.39, 0.29) is 11.3 Å². The molecule has 0 atom stereocenters. The zero-order valence-corrected chi connectivity index (χ0v) is 10.9. The normalized spacial score (nSPS) is 16.8. The number of halogens is 1. The first-order chi connectivity index (χ1) is 9.03. The van der Waals surface area contributed by atoms with Gasteiger partial charge in [-0.25, -0.2) is 4.39 Å². The van der Waals surface area contributed by atoms with Crippen LogP contribution in [0.4, 0.5) is 10.1 Å². The lowest BCUT2D eigenvalue weighted by molar-refractivity contribution is 0.362. The van der Waals surface area contributed by atoms with Crippen LogP contribution >= 0.6 is 0 Å². The maximum absolute atomic E-state index is 13.1. The van der Waals surface area contributed by atoms with E-state index in [0.29, 0.717) is 26.2 Å². The van der Waals surface area contributed by atoms with E-state index >= 15 is 0 Å². The lowest BCUT2D eigenvalue weighted by atomic mass is 10.2. The summed E-state index contributed by atoms with van der Waals surface area (Å²) >= 11 is 0. The Balaban J connectivity index is 2.18. The molecule has 1 aliphatic rings. The van der Waals surface area contributed by atoms with Crippen molar-refractivity contribution in [1.29, 1.82) is 5.26 Å². The molecule has 2 N–H and O–H groups in total. The third-order valence-electron chi connectivity index (χ3n) is 2.75. The van der Waals surface area contributed by atoms with E-state index in [9.17, 15) is 12.8 Å². The van der Waals surface area contributed by atoms with Crippen molar-refractivity contribution in [3.63, 3.8) is 0 Å². The fourth-order valence-electron chi connectivity index (χ4n) is 1.77. The molecule has 8 heteroatoms. The van der Waals surface area contributed by atoms with Crippen molar-refractivity contribution < 1.29 is 12.8 Å². The molecule has 102 valence electrons. The van der Waals surface area contributed by atoms with Crippen LogP contribution in [0.3, 0.4) is 0 Å². The maximum Gasteiger partial charge on any atom is 0.301 e. The number of nitriles is 1. The lowest BCUT2D eigenvalue weighted by Crippen LogP contribution is -2.48. The first kappa shape index (κ1) is 13.7. The van der Waals surface area contributed by atoms with Gasteiger partial charge in [-0.05, 0) is 18.2 Å². The van der Waals surface area contributed by atoms with Crippen molar-refractivity contribution in [2.24, 2.45) is 0 Å². The van der Waals surface area contributed by atoms with Crippen molar-refractivity contribution in [3.8, 4) is 6.07 Å². The number of rotatable bonds is 3. The van der Waals surface area contributed by atoms with Gasteiger partial charge in [-0.1, -0.05) is 0 Å². The van der Waals surface area contributed by atoms with Crippen LogP contribution in [0.2, 0.25) is 0 Å². The average Bonchev–Trinajstić information content (AvgIpc) is 2.42. The van der Waals surface area contributed by atoms with Crippen LogP contribution < -0.4 is 10.0 Å². The molecular formula is C11H13FN4O2S. The monoisotopic (exact) mass is 284 g/mol. The Morgan fingerprint density at radius 2 is 2.05 bits per heavy atom. The van der Waals surface area contributed by atoms with Crippen LogP contribution in [0.25, 0.3) is 0 Å². The smallest absolute Gasteiger partial charge is 0.301 e. The van der Waals surface area contributed by atoms with Crippen molar-refractivity contribution in [1.82, 2.24) is 9.62 Å². The molecule has 1 aromatic rings. The predicted octanol–water partition coefficient (Wildman–Crippen LogP) is 0.259. The van der Waals surface area contributed by atoms with Gasteiger partial charge in [-0.2, -0.15) is 18.0 Å². The summed E-state index contributed by atoms with van der Waals surface area (Å²) in [5.74, 6) is -0.673. The fourth-order valence-corrected chi connectivity index (χ4v) is 2.99. The van der Waals surface area contributed by atoms with E-state index in [2.05, 4.69) is 10.0 Å². The molecule has 0 amide bonds. The fraction of sp³-hybridized carbons (Fsp3) is 0.364. The van der Waals surface area contributed by atoms with Crippen LogP contribution in [0, 0.1) is 17.1 Å². The number of hydrogen-bond donors (Lipinski definition) is 2. The quantitative estimate of drug-likeness (QED) is 0.833.